The zero-order valence-electron chi connectivity index (χ0n) is 39.2. The lowest BCUT2D eigenvalue weighted by atomic mass is 10.1. The first-order valence-corrected chi connectivity index (χ1v) is 28.5. The molecule has 19 nitrogen and oxygen atoms in total. The second-order valence-corrected chi connectivity index (χ2v) is 23.3. The van der Waals surface area contributed by atoms with Gasteiger partial charge in [0.2, 0.25) is 0 Å². The van der Waals surface area contributed by atoms with Crippen LogP contribution in [0.3, 0.4) is 0 Å². The number of aryl methyl sites for hydroxylation is 2. The highest BCUT2D eigenvalue weighted by Crippen LogP contribution is 2.35. The van der Waals surface area contributed by atoms with Gasteiger partial charge in [0.1, 0.15) is 32.6 Å². The first-order chi connectivity index (χ1) is 36.0. The van der Waals surface area contributed by atoms with Gasteiger partial charge in [-0.25, -0.2) is 42.7 Å². The topological polar surface area (TPSA) is 291 Å². The van der Waals surface area contributed by atoms with Crippen LogP contribution in [0.1, 0.15) is 36.8 Å². The molecular formula is C48H40FN13O6S7. The molecule has 0 spiro atoms. The van der Waals surface area contributed by atoms with Gasteiger partial charge in [0.05, 0.1) is 27.3 Å². The molecule has 10 rings (SSSR count). The van der Waals surface area contributed by atoms with Crippen LogP contribution >= 0.6 is 68.9 Å². The Bertz CT molecular complexity index is 3740. The predicted molar refractivity (Wildman–Crippen MR) is 296 cm³/mol. The number of fused-ring (bicyclic) bond motifs is 1. The number of imidazole rings is 1. The van der Waals surface area contributed by atoms with Gasteiger partial charge in [-0.15, -0.1) is 34.0 Å². The molecule has 0 bridgehead atoms. The summed E-state index contributed by atoms with van der Waals surface area (Å²) in [6, 6.07) is 22.4. The Kier molecular flexibility index (Phi) is 17.2. The van der Waals surface area contributed by atoms with E-state index in [0.29, 0.717) is 37.6 Å². The molecule has 6 aromatic heterocycles. The standard InChI is InChI=1S/C18H17N3O4S2.C16H11N5OS3.C14H12FN5OS2/c1-11-10-26-18(20-11)21-17(22)13-9-12(7-8-14(13)19)25-15-5-3-4-6-16(15)27(2,23)24;17-11-4-3-9(24-16-19-6-7-23-16)8-10(11)13(22)21-15-20-12-2-1-5-18-14(12)25-15;1-20-4-2-18-14(20)23-11-6-8(10(16)7-9(11)15)12(21)19-13-17-3-5-22-13/h3-10H,19H2,1-2H3,(H,20,21,22);1-8H,17H2,(H,20,21,22);2-7H,16H2,1H3,(H,17,19,21). The van der Waals surface area contributed by atoms with E-state index in [1.807, 2.05) is 35.9 Å². The quantitative estimate of drug-likeness (QED) is 0.0585. The summed E-state index contributed by atoms with van der Waals surface area (Å²) < 4.78 is 46.3. The summed E-state index contributed by atoms with van der Waals surface area (Å²) in [6.45, 7) is 1.83. The average molecular weight is 1140 g/mol. The number of benzene rings is 4. The second kappa shape index (κ2) is 24.0. The second-order valence-electron chi connectivity index (χ2n) is 15.4. The van der Waals surface area contributed by atoms with Crippen LogP contribution in [0.4, 0.5) is 36.8 Å². The molecule has 0 saturated heterocycles. The first-order valence-electron chi connectivity index (χ1n) is 21.5. The Morgan fingerprint density at radius 3 is 2.05 bits per heavy atom. The van der Waals surface area contributed by atoms with Gasteiger partial charge in [0.25, 0.3) is 17.7 Å². The maximum absolute atomic E-state index is 14.1. The number of thiazole rings is 4. The molecule has 0 saturated carbocycles. The monoisotopic (exact) mass is 1140 g/mol. The SMILES string of the molecule is Cc1csc(NC(=O)c2cc(Oc3ccccc3S(C)(=O)=O)ccc2N)n1.Cn1ccnc1Sc1cc(C(=O)Nc2nccs2)c(N)cc1F.Nc1ccc(Sc2nccs2)cc1C(=O)Nc1nc2cccnc2s1. The molecule has 382 valence electrons. The molecule has 0 aliphatic carbocycles. The van der Waals surface area contributed by atoms with Gasteiger partial charge in [-0.3, -0.25) is 30.3 Å². The zero-order valence-corrected chi connectivity index (χ0v) is 45.0. The number of nitrogens with zero attached hydrogens (tertiary/aromatic N) is 7. The van der Waals surface area contributed by atoms with Gasteiger partial charge < -0.3 is 26.5 Å². The molecule has 10 aromatic rings. The molecule has 0 fully saturated rings. The minimum atomic E-state index is -3.46. The predicted octanol–water partition coefficient (Wildman–Crippen LogP) is 10.6. The number of hydrogen-bond acceptors (Lipinski definition) is 21. The number of nitrogens with one attached hydrogen (secondary N) is 3. The van der Waals surface area contributed by atoms with Crippen molar-refractivity contribution in [2.75, 3.05) is 39.4 Å². The maximum Gasteiger partial charge on any atom is 0.259 e. The first kappa shape index (κ1) is 53.5. The molecule has 6 heterocycles. The van der Waals surface area contributed by atoms with Crippen molar-refractivity contribution in [1.82, 2.24) is 34.5 Å². The molecule has 0 aliphatic heterocycles. The third-order valence-electron chi connectivity index (χ3n) is 9.84. The van der Waals surface area contributed by atoms with E-state index in [1.165, 1.54) is 70.0 Å². The number of carbonyl (C=O) groups is 3. The third-order valence-corrected chi connectivity index (χ3v) is 16.4. The van der Waals surface area contributed by atoms with Gasteiger partial charge in [-0.1, -0.05) is 35.2 Å². The van der Waals surface area contributed by atoms with E-state index < -0.39 is 27.5 Å². The zero-order chi connectivity index (χ0) is 53.2. The number of aromatic nitrogens is 7. The number of sulfone groups is 1. The normalized spacial score (nSPS) is 10.9. The Hall–Kier alpha value is -7.79. The van der Waals surface area contributed by atoms with Crippen molar-refractivity contribution < 1.29 is 31.9 Å². The highest BCUT2D eigenvalue weighted by atomic mass is 32.2. The molecule has 0 radical (unpaired) electrons. The summed E-state index contributed by atoms with van der Waals surface area (Å²) in [5.74, 6) is -1.19. The summed E-state index contributed by atoms with van der Waals surface area (Å²) >= 11 is 8.09. The van der Waals surface area contributed by atoms with Crippen molar-refractivity contribution in [3.05, 3.63) is 160 Å². The molecule has 0 unspecified atom stereocenters. The third kappa shape index (κ3) is 14.1. The lowest BCUT2D eigenvalue weighted by Crippen LogP contribution is -2.14. The number of rotatable bonds is 13. The average Bonchev–Trinajstić information content (AvgIpc) is 4.26. The van der Waals surface area contributed by atoms with Crippen LogP contribution in [-0.4, -0.2) is 66.9 Å². The van der Waals surface area contributed by atoms with E-state index in [9.17, 15) is 27.2 Å². The van der Waals surface area contributed by atoms with E-state index in [4.69, 9.17) is 21.9 Å². The Balaban J connectivity index is 0.000000150. The molecular weight excluding hydrogens is 1100 g/mol. The Labute approximate surface area is 451 Å². The summed E-state index contributed by atoms with van der Waals surface area (Å²) in [4.78, 5) is 64.5. The van der Waals surface area contributed by atoms with Gasteiger partial charge in [0, 0.05) is 82.4 Å². The van der Waals surface area contributed by atoms with Gasteiger partial charge >= 0.3 is 0 Å². The molecule has 0 atom stereocenters. The number of carbonyl (C=O) groups excluding carboxylic acids is 3. The Morgan fingerprint density at radius 2 is 1.39 bits per heavy atom. The van der Waals surface area contributed by atoms with Crippen LogP contribution in [-0.2, 0) is 16.9 Å². The highest BCUT2D eigenvalue weighted by Gasteiger charge is 2.20. The van der Waals surface area contributed by atoms with Crippen LogP contribution in [0.15, 0.2) is 156 Å². The van der Waals surface area contributed by atoms with E-state index in [-0.39, 0.29) is 43.9 Å². The van der Waals surface area contributed by atoms with Crippen LogP contribution in [0, 0.1) is 12.7 Å². The lowest BCUT2D eigenvalue weighted by Gasteiger charge is -2.12. The Morgan fingerprint density at radius 1 is 0.693 bits per heavy atom. The molecule has 3 amide bonds. The summed E-state index contributed by atoms with van der Waals surface area (Å²) in [7, 11) is -1.66. The number of anilines is 6. The van der Waals surface area contributed by atoms with Crippen molar-refractivity contribution in [2.24, 2.45) is 7.05 Å². The largest absolute Gasteiger partial charge is 0.456 e. The fourth-order valence-electron chi connectivity index (χ4n) is 6.33. The van der Waals surface area contributed by atoms with Crippen LogP contribution in [0.2, 0.25) is 0 Å². The van der Waals surface area contributed by atoms with Crippen molar-refractivity contribution in [1.29, 1.82) is 0 Å². The van der Waals surface area contributed by atoms with E-state index in [1.54, 1.807) is 95.7 Å². The number of ether oxygens (including phenoxy) is 1. The van der Waals surface area contributed by atoms with Gasteiger partial charge in [-0.05, 0) is 91.5 Å². The summed E-state index contributed by atoms with van der Waals surface area (Å²) in [6.07, 6.45) is 9.51. The van der Waals surface area contributed by atoms with Crippen molar-refractivity contribution in [2.45, 2.75) is 31.1 Å². The van der Waals surface area contributed by atoms with Crippen molar-refractivity contribution >= 4 is 139 Å². The fourth-order valence-corrected chi connectivity index (χ4v) is 11.6. The van der Waals surface area contributed by atoms with Crippen molar-refractivity contribution in [3.8, 4) is 11.5 Å². The fraction of sp³-hybridized carbons (Fsp3) is 0.0625. The smallest absolute Gasteiger partial charge is 0.259 e. The number of halogens is 1. The van der Waals surface area contributed by atoms with E-state index >= 15 is 0 Å². The minimum Gasteiger partial charge on any atom is -0.456 e. The molecule has 4 aromatic carbocycles. The molecule has 75 heavy (non-hydrogen) atoms. The van der Waals surface area contributed by atoms with Gasteiger partial charge in [0.15, 0.2) is 34.7 Å². The number of nitrogen functional groups attached to an aromatic ring is 3. The van der Waals surface area contributed by atoms with Crippen LogP contribution in [0.5, 0.6) is 11.5 Å². The van der Waals surface area contributed by atoms with Gasteiger partial charge in [-0.2, -0.15) is 0 Å². The number of hydrogen-bond donors (Lipinski definition) is 6. The number of pyridine rings is 1. The van der Waals surface area contributed by atoms with Crippen LogP contribution < -0.4 is 37.9 Å². The number of para-hydroxylation sites is 1. The molecule has 0 aliphatic rings. The number of amides is 3. The minimum absolute atomic E-state index is 0.0612. The maximum atomic E-state index is 14.1. The lowest BCUT2D eigenvalue weighted by molar-refractivity contribution is 0.101. The van der Waals surface area contributed by atoms with Crippen molar-refractivity contribution in [3.63, 3.8) is 0 Å². The number of nitrogens with two attached hydrogens (primary N) is 3. The summed E-state index contributed by atoms with van der Waals surface area (Å²) in [5.41, 5.74) is 20.8. The van der Waals surface area contributed by atoms with E-state index in [2.05, 4.69) is 45.9 Å². The summed E-state index contributed by atoms with van der Waals surface area (Å²) in [5, 5.41) is 15.6. The van der Waals surface area contributed by atoms with E-state index in [0.717, 1.165) is 49.4 Å². The highest BCUT2D eigenvalue weighted by molar-refractivity contribution is 8.01. The molecule has 9 N–H and O–H groups in total. The van der Waals surface area contributed by atoms with Crippen LogP contribution in [0.25, 0.3) is 10.3 Å². The molecule has 27 heteroatoms.